The second kappa shape index (κ2) is 9.06. The topological polar surface area (TPSA) is 65.2 Å². The number of rotatable bonds is 6. The molecule has 4 aromatic rings. The Hall–Kier alpha value is -3.49. The van der Waals surface area contributed by atoms with E-state index in [-0.39, 0.29) is 11.7 Å². The van der Waals surface area contributed by atoms with Crippen molar-refractivity contribution in [2.45, 2.75) is 51.7 Å². The van der Waals surface area contributed by atoms with E-state index in [0.717, 1.165) is 42.7 Å². The predicted octanol–water partition coefficient (Wildman–Crippen LogP) is 5.86. The molecule has 1 aromatic carbocycles. The van der Waals surface area contributed by atoms with Gasteiger partial charge in [-0.15, -0.1) is 0 Å². The maximum absolute atomic E-state index is 13.6. The number of halogens is 2. The van der Waals surface area contributed by atoms with E-state index in [1.54, 1.807) is 16.8 Å². The van der Waals surface area contributed by atoms with Gasteiger partial charge in [0.15, 0.2) is 11.6 Å². The number of fused-ring (bicyclic) bond motifs is 3. The minimum Gasteiger partial charge on any atom is -0.432 e. The van der Waals surface area contributed by atoms with Crippen LogP contribution >= 0.6 is 0 Å². The first kappa shape index (κ1) is 23.6. The molecule has 0 unspecified atom stereocenters. The van der Waals surface area contributed by atoms with Crippen molar-refractivity contribution in [1.29, 1.82) is 0 Å². The molecule has 3 aromatic heterocycles. The van der Waals surface area contributed by atoms with Gasteiger partial charge >= 0.3 is 6.61 Å². The number of pyridine rings is 1. The Morgan fingerprint density at radius 1 is 1.13 bits per heavy atom. The fourth-order valence-electron chi connectivity index (χ4n) is 6.66. The molecule has 3 aliphatic rings. The first-order valence-corrected chi connectivity index (χ1v) is 13.7. The largest absolute Gasteiger partial charge is 0.432 e. The zero-order valence-corrected chi connectivity index (χ0v) is 21.4. The van der Waals surface area contributed by atoms with Gasteiger partial charge in [0.05, 0.1) is 11.2 Å². The Morgan fingerprint density at radius 3 is 2.79 bits per heavy atom. The molecule has 7 nitrogen and oxygen atoms in total. The number of imidazole rings is 1. The van der Waals surface area contributed by atoms with E-state index in [1.165, 1.54) is 31.7 Å². The number of amides is 1. The molecule has 3 fully saturated rings. The lowest BCUT2D eigenvalue weighted by Crippen LogP contribution is -2.42. The molecule has 7 rings (SSSR count). The van der Waals surface area contributed by atoms with Crippen LogP contribution in [0.1, 0.15) is 48.9 Å². The maximum atomic E-state index is 13.6. The highest BCUT2D eigenvalue weighted by Gasteiger charge is 2.35. The number of ether oxygens (including phenoxy) is 1. The van der Waals surface area contributed by atoms with Crippen LogP contribution in [0.25, 0.3) is 33.6 Å². The zero-order chi connectivity index (χ0) is 26.0. The van der Waals surface area contributed by atoms with Gasteiger partial charge in [0, 0.05) is 43.8 Å². The van der Waals surface area contributed by atoms with E-state index in [9.17, 15) is 13.6 Å². The van der Waals surface area contributed by atoms with Gasteiger partial charge in [-0.1, -0.05) is 12.8 Å². The summed E-state index contributed by atoms with van der Waals surface area (Å²) in [6.07, 6.45) is 8.78. The Morgan fingerprint density at radius 2 is 1.97 bits per heavy atom. The van der Waals surface area contributed by atoms with Crippen molar-refractivity contribution < 1.29 is 18.3 Å². The highest BCUT2D eigenvalue weighted by Crippen LogP contribution is 2.40. The lowest BCUT2D eigenvalue weighted by Gasteiger charge is -2.35. The number of hydrogen-bond donors (Lipinski definition) is 0. The average molecular weight is 520 g/mol. The summed E-state index contributed by atoms with van der Waals surface area (Å²) in [4.78, 5) is 25.0. The molecule has 1 amide bonds. The number of aromatic nitrogens is 4. The summed E-state index contributed by atoms with van der Waals surface area (Å²) < 4.78 is 36.0. The minimum absolute atomic E-state index is 0.0270. The Bertz CT molecular complexity index is 1540. The van der Waals surface area contributed by atoms with Crippen molar-refractivity contribution in [3.63, 3.8) is 0 Å². The van der Waals surface area contributed by atoms with Crippen LogP contribution in [0.5, 0.6) is 5.75 Å². The quantitative estimate of drug-likeness (QED) is 0.320. The molecule has 2 atom stereocenters. The number of nitrogens with zero attached hydrogens (tertiary/aromatic N) is 5. The van der Waals surface area contributed by atoms with Crippen LogP contribution in [0, 0.1) is 17.8 Å². The van der Waals surface area contributed by atoms with E-state index >= 15 is 0 Å². The molecule has 0 spiro atoms. The van der Waals surface area contributed by atoms with Crippen LogP contribution in [0.3, 0.4) is 0 Å². The van der Waals surface area contributed by atoms with Crippen LogP contribution < -0.4 is 4.74 Å². The summed E-state index contributed by atoms with van der Waals surface area (Å²) in [6.45, 7) is -0.749. The van der Waals surface area contributed by atoms with Crippen LogP contribution in [0.15, 0.2) is 36.5 Å². The van der Waals surface area contributed by atoms with E-state index in [4.69, 9.17) is 9.72 Å². The van der Waals surface area contributed by atoms with Crippen LogP contribution in [-0.2, 0) is 13.6 Å². The summed E-state index contributed by atoms with van der Waals surface area (Å²) in [5, 5.41) is 1.01. The third-order valence-corrected chi connectivity index (χ3v) is 8.75. The Labute approximate surface area is 219 Å². The number of benzene rings is 1. The van der Waals surface area contributed by atoms with Crippen molar-refractivity contribution in [3.05, 3.63) is 42.1 Å². The fourth-order valence-corrected chi connectivity index (χ4v) is 6.66. The normalized spacial score (nSPS) is 21.5. The van der Waals surface area contributed by atoms with Crippen LogP contribution in [0.2, 0.25) is 0 Å². The number of carbonyl (C=O) groups excluding carboxylic acids is 1. The monoisotopic (exact) mass is 519 g/mol. The van der Waals surface area contributed by atoms with Crippen molar-refractivity contribution in [2.75, 3.05) is 13.1 Å². The van der Waals surface area contributed by atoms with Gasteiger partial charge in [-0.05, 0) is 73.8 Å². The smallest absolute Gasteiger partial charge is 0.387 e. The number of aryl methyl sites for hydroxylation is 1. The molecule has 4 heterocycles. The molecule has 198 valence electrons. The van der Waals surface area contributed by atoms with Crippen molar-refractivity contribution in [1.82, 2.24) is 24.0 Å². The first-order valence-electron chi connectivity index (χ1n) is 13.7. The molecule has 0 radical (unpaired) electrons. The molecule has 2 aliphatic carbocycles. The summed E-state index contributed by atoms with van der Waals surface area (Å²) in [5.74, 6) is 2.31. The Kier molecular flexibility index (Phi) is 5.63. The number of alkyl halides is 2. The van der Waals surface area contributed by atoms with Gasteiger partial charge in [-0.25, -0.2) is 9.97 Å². The predicted molar refractivity (Wildman–Crippen MR) is 140 cm³/mol. The minimum atomic E-state index is -3.01. The molecule has 1 aliphatic heterocycles. The van der Waals surface area contributed by atoms with Crippen molar-refractivity contribution >= 4 is 28.0 Å². The summed E-state index contributed by atoms with van der Waals surface area (Å²) >= 11 is 0. The summed E-state index contributed by atoms with van der Waals surface area (Å²) in [6, 6.07) is 9.17. The molecule has 38 heavy (non-hydrogen) atoms. The molecule has 0 bridgehead atoms. The lowest BCUT2D eigenvalue weighted by atomic mass is 9.88. The van der Waals surface area contributed by atoms with Crippen molar-refractivity contribution in [3.8, 4) is 17.3 Å². The fraction of sp³-hybridized carbons (Fsp3) is 0.483. The highest BCUT2D eigenvalue weighted by atomic mass is 19.3. The summed E-state index contributed by atoms with van der Waals surface area (Å²) in [7, 11) is 1.81. The molecular formula is C29H31F2N5O2. The van der Waals surface area contributed by atoms with Crippen molar-refractivity contribution in [2.24, 2.45) is 24.8 Å². The zero-order valence-electron chi connectivity index (χ0n) is 21.4. The van der Waals surface area contributed by atoms with Gasteiger partial charge in [-0.2, -0.15) is 8.78 Å². The van der Waals surface area contributed by atoms with Gasteiger partial charge in [0.2, 0.25) is 0 Å². The van der Waals surface area contributed by atoms with Gasteiger partial charge in [-0.3, -0.25) is 4.79 Å². The second-order valence-corrected chi connectivity index (χ2v) is 11.2. The van der Waals surface area contributed by atoms with E-state index in [1.807, 2.05) is 24.1 Å². The Balaban J connectivity index is 1.32. The standard InChI is InChI=1S/C29H31F2N5O2/c1-34-25-22(33-27(34)23-13-19-6-3-10-32-26(19)36(23)15-17-7-8-17)12-21(14-24(25)38-29(30)31)28(37)35-11-9-18-4-2-5-20(18)16-35/h3,6,10,12-14,17-18,20,29H,2,4-5,7-9,11,15-16H2,1H3/t18-,20+/m0/s1. The summed E-state index contributed by atoms with van der Waals surface area (Å²) in [5.41, 5.74) is 3.02. The van der Waals surface area contributed by atoms with Gasteiger partial charge in [0.1, 0.15) is 11.2 Å². The lowest BCUT2D eigenvalue weighted by molar-refractivity contribution is -0.0490. The highest BCUT2D eigenvalue weighted by molar-refractivity contribution is 6.00. The van der Waals surface area contributed by atoms with Crippen LogP contribution in [0.4, 0.5) is 8.78 Å². The molecule has 1 saturated heterocycles. The van der Waals surface area contributed by atoms with Crippen LogP contribution in [-0.4, -0.2) is 49.6 Å². The number of carbonyl (C=O) groups is 1. The number of likely N-dealkylation sites (tertiary alicyclic amines) is 1. The molecule has 0 N–H and O–H groups in total. The third kappa shape index (κ3) is 4.03. The average Bonchev–Trinajstić information content (AvgIpc) is 3.33. The maximum Gasteiger partial charge on any atom is 0.387 e. The number of hydrogen-bond acceptors (Lipinski definition) is 4. The molecular weight excluding hydrogens is 488 g/mol. The SMILES string of the molecule is Cn1c(-c2cc3cccnc3n2CC2CC2)nc2cc(C(=O)N3CC[C@@H]4CCC[C@@H]4C3)cc(OC(F)F)c21. The third-order valence-electron chi connectivity index (χ3n) is 8.75. The van der Waals surface area contributed by atoms with E-state index in [0.29, 0.717) is 46.7 Å². The van der Waals surface area contributed by atoms with E-state index < -0.39 is 6.61 Å². The van der Waals surface area contributed by atoms with Gasteiger partial charge < -0.3 is 18.8 Å². The van der Waals surface area contributed by atoms with E-state index in [2.05, 4.69) is 15.6 Å². The van der Waals surface area contributed by atoms with Gasteiger partial charge in [0.25, 0.3) is 5.91 Å². The molecule has 2 saturated carbocycles. The first-order chi connectivity index (χ1) is 18.5. The number of piperidine rings is 1. The second-order valence-electron chi connectivity index (χ2n) is 11.2. The molecule has 9 heteroatoms.